The molecule has 16 heavy (non-hydrogen) atoms. The van der Waals surface area contributed by atoms with Gasteiger partial charge in [0.15, 0.2) is 0 Å². The van der Waals surface area contributed by atoms with Crippen molar-refractivity contribution in [3.05, 3.63) is 22.4 Å². The van der Waals surface area contributed by atoms with E-state index in [1.807, 2.05) is 12.3 Å². The number of nitrogens with two attached hydrogens (primary N) is 1. The van der Waals surface area contributed by atoms with Crippen molar-refractivity contribution in [2.24, 2.45) is 11.7 Å². The molecule has 0 saturated carbocycles. The maximum atomic E-state index is 11.6. The Morgan fingerprint density at radius 1 is 1.62 bits per heavy atom. The third-order valence-corrected chi connectivity index (χ3v) is 3.42. The largest absolute Gasteiger partial charge is 0.393 e. The zero-order chi connectivity index (χ0) is 12.1. The van der Waals surface area contributed by atoms with E-state index in [1.54, 1.807) is 18.3 Å². The van der Waals surface area contributed by atoms with Gasteiger partial charge in [-0.3, -0.25) is 4.79 Å². The molecule has 0 saturated heterocycles. The van der Waals surface area contributed by atoms with E-state index >= 15 is 0 Å². The molecule has 0 aliphatic carbocycles. The average molecular weight is 256 g/mol. The van der Waals surface area contributed by atoms with Crippen molar-refractivity contribution in [2.75, 3.05) is 0 Å². The molecule has 0 spiro atoms. The monoisotopic (exact) mass is 256 g/mol. The first-order valence-corrected chi connectivity index (χ1v) is 6.46. The molecule has 1 amide bonds. The van der Waals surface area contributed by atoms with E-state index in [-0.39, 0.29) is 16.9 Å². The maximum absolute atomic E-state index is 11.6. The molecule has 0 fully saturated rings. The van der Waals surface area contributed by atoms with Gasteiger partial charge in [0.2, 0.25) is 5.91 Å². The van der Waals surface area contributed by atoms with Crippen LogP contribution in [0.25, 0.3) is 0 Å². The summed E-state index contributed by atoms with van der Waals surface area (Å²) in [5, 5.41) is 7.01. The Hall–Kier alpha value is -0.940. The first kappa shape index (κ1) is 13.1. The number of hydrogen-bond donors (Lipinski definition) is 2. The van der Waals surface area contributed by atoms with E-state index < -0.39 is 5.92 Å². The summed E-state index contributed by atoms with van der Waals surface area (Å²) in [6.45, 7) is 3.69. The number of thiocarbonyl (C=S) groups is 1. The number of amides is 1. The summed E-state index contributed by atoms with van der Waals surface area (Å²) in [4.78, 5) is 11.9. The zero-order valence-electron chi connectivity index (χ0n) is 9.40. The van der Waals surface area contributed by atoms with Crippen LogP contribution in [-0.2, 0) is 11.2 Å². The van der Waals surface area contributed by atoms with Crippen molar-refractivity contribution in [3.63, 3.8) is 0 Å². The Bertz CT molecular complexity index is 362. The number of rotatable bonds is 5. The van der Waals surface area contributed by atoms with Crippen LogP contribution in [0.1, 0.15) is 19.4 Å². The van der Waals surface area contributed by atoms with E-state index in [2.05, 4.69) is 16.8 Å². The molecule has 1 heterocycles. The van der Waals surface area contributed by atoms with Crippen molar-refractivity contribution in [1.82, 2.24) is 5.32 Å². The fourth-order valence-electron chi connectivity index (χ4n) is 1.31. The highest BCUT2D eigenvalue weighted by molar-refractivity contribution is 7.80. The Kier molecular flexibility index (Phi) is 4.89. The number of carbonyl (C=O) groups is 1. The second kappa shape index (κ2) is 5.96. The number of hydrogen-bond acceptors (Lipinski definition) is 3. The van der Waals surface area contributed by atoms with Gasteiger partial charge in [-0.2, -0.15) is 11.3 Å². The SMILES string of the molecule is CC(Cc1ccsc1)NC(=O)C(C)C(N)=S. The van der Waals surface area contributed by atoms with Gasteiger partial charge in [-0.25, -0.2) is 0 Å². The lowest BCUT2D eigenvalue weighted by molar-refractivity contribution is -0.123. The van der Waals surface area contributed by atoms with Crippen LogP contribution in [0, 0.1) is 5.92 Å². The lowest BCUT2D eigenvalue weighted by Crippen LogP contribution is -2.41. The molecule has 1 aromatic heterocycles. The van der Waals surface area contributed by atoms with Crippen molar-refractivity contribution in [2.45, 2.75) is 26.3 Å². The van der Waals surface area contributed by atoms with Gasteiger partial charge in [0, 0.05) is 6.04 Å². The molecule has 0 aromatic carbocycles. The lowest BCUT2D eigenvalue weighted by Gasteiger charge is -2.16. The number of nitrogens with one attached hydrogen (secondary N) is 1. The Morgan fingerprint density at radius 2 is 2.31 bits per heavy atom. The normalized spacial score (nSPS) is 14.1. The minimum absolute atomic E-state index is 0.0962. The van der Waals surface area contributed by atoms with Gasteiger partial charge in [0.1, 0.15) is 0 Å². The van der Waals surface area contributed by atoms with Gasteiger partial charge in [0.25, 0.3) is 0 Å². The van der Waals surface area contributed by atoms with E-state index in [9.17, 15) is 4.79 Å². The number of carbonyl (C=O) groups excluding carboxylic acids is 1. The molecule has 3 N–H and O–H groups in total. The van der Waals surface area contributed by atoms with Gasteiger partial charge in [0.05, 0.1) is 10.9 Å². The van der Waals surface area contributed by atoms with E-state index in [1.165, 1.54) is 5.56 Å². The van der Waals surface area contributed by atoms with Crippen LogP contribution in [0.2, 0.25) is 0 Å². The maximum Gasteiger partial charge on any atom is 0.229 e. The first-order chi connectivity index (χ1) is 7.50. The minimum atomic E-state index is -0.403. The summed E-state index contributed by atoms with van der Waals surface area (Å²) in [5.74, 6) is -0.504. The predicted octanol–water partition coefficient (Wildman–Crippen LogP) is 1.72. The number of thiophene rings is 1. The molecule has 1 rings (SSSR count). The summed E-state index contributed by atoms with van der Waals surface area (Å²) in [6, 6.07) is 2.16. The second-order valence-electron chi connectivity index (χ2n) is 3.87. The summed E-state index contributed by atoms with van der Waals surface area (Å²) < 4.78 is 0. The highest BCUT2D eigenvalue weighted by Crippen LogP contribution is 2.09. The lowest BCUT2D eigenvalue weighted by atomic mass is 10.1. The van der Waals surface area contributed by atoms with Crippen LogP contribution in [0.15, 0.2) is 16.8 Å². The molecule has 2 atom stereocenters. The molecule has 0 bridgehead atoms. The topological polar surface area (TPSA) is 55.1 Å². The molecular weight excluding hydrogens is 240 g/mol. The summed E-state index contributed by atoms with van der Waals surface area (Å²) in [7, 11) is 0. The molecule has 1 aromatic rings. The van der Waals surface area contributed by atoms with Crippen molar-refractivity contribution in [3.8, 4) is 0 Å². The molecule has 88 valence electrons. The molecule has 3 nitrogen and oxygen atoms in total. The van der Waals surface area contributed by atoms with Gasteiger partial charge in [-0.1, -0.05) is 12.2 Å². The standard InChI is InChI=1S/C11H16N2OS2/c1-7(5-9-3-4-16-6-9)13-11(14)8(2)10(12)15/h3-4,6-8H,5H2,1-2H3,(H2,12,15)(H,13,14). The van der Waals surface area contributed by atoms with E-state index in [0.717, 1.165) is 6.42 Å². The summed E-state index contributed by atoms with van der Waals surface area (Å²) in [5.41, 5.74) is 6.66. The molecule has 0 aliphatic heterocycles. The Labute approximate surface area is 105 Å². The highest BCUT2D eigenvalue weighted by atomic mass is 32.1. The third-order valence-electron chi connectivity index (χ3n) is 2.33. The minimum Gasteiger partial charge on any atom is -0.393 e. The van der Waals surface area contributed by atoms with Gasteiger partial charge in [-0.05, 0) is 42.7 Å². The quantitative estimate of drug-likeness (QED) is 0.789. The second-order valence-corrected chi connectivity index (χ2v) is 5.12. The third kappa shape index (κ3) is 3.90. The highest BCUT2D eigenvalue weighted by Gasteiger charge is 2.17. The zero-order valence-corrected chi connectivity index (χ0v) is 11.0. The Balaban J connectivity index is 2.42. The molecule has 5 heteroatoms. The fourth-order valence-corrected chi connectivity index (χ4v) is 2.10. The fraction of sp³-hybridized carbons (Fsp3) is 0.455. The van der Waals surface area contributed by atoms with Gasteiger partial charge < -0.3 is 11.1 Å². The molecule has 2 unspecified atom stereocenters. The average Bonchev–Trinajstić information content (AvgIpc) is 2.68. The smallest absolute Gasteiger partial charge is 0.229 e. The van der Waals surface area contributed by atoms with Crippen LogP contribution in [0.4, 0.5) is 0 Å². The first-order valence-electron chi connectivity index (χ1n) is 5.11. The van der Waals surface area contributed by atoms with Crippen LogP contribution in [0.5, 0.6) is 0 Å². The van der Waals surface area contributed by atoms with E-state index in [4.69, 9.17) is 18.0 Å². The van der Waals surface area contributed by atoms with Gasteiger partial charge in [-0.15, -0.1) is 0 Å². The predicted molar refractivity (Wildman–Crippen MR) is 71.6 cm³/mol. The van der Waals surface area contributed by atoms with Crippen LogP contribution in [0.3, 0.4) is 0 Å². The van der Waals surface area contributed by atoms with Crippen LogP contribution in [-0.4, -0.2) is 16.9 Å². The summed E-state index contributed by atoms with van der Waals surface area (Å²) >= 11 is 6.44. The van der Waals surface area contributed by atoms with Crippen LogP contribution < -0.4 is 11.1 Å². The molecule has 0 aliphatic rings. The van der Waals surface area contributed by atoms with Crippen molar-refractivity contribution < 1.29 is 4.79 Å². The Morgan fingerprint density at radius 3 is 2.81 bits per heavy atom. The van der Waals surface area contributed by atoms with Crippen molar-refractivity contribution >= 4 is 34.5 Å². The summed E-state index contributed by atoms with van der Waals surface area (Å²) in [6.07, 6.45) is 0.833. The van der Waals surface area contributed by atoms with Gasteiger partial charge >= 0.3 is 0 Å². The van der Waals surface area contributed by atoms with E-state index in [0.29, 0.717) is 0 Å². The van der Waals surface area contributed by atoms with Crippen molar-refractivity contribution in [1.29, 1.82) is 0 Å². The van der Waals surface area contributed by atoms with Crippen LogP contribution >= 0.6 is 23.6 Å². The molecular formula is C11H16N2OS2. The molecule has 0 radical (unpaired) electrons.